The summed E-state index contributed by atoms with van der Waals surface area (Å²) in [4.78, 5) is 51.5. The molecule has 2 amide bonds. The molecule has 1 atom stereocenters. The number of rotatable bonds is 12. The summed E-state index contributed by atoms with van der Waals surface area (Å²) in [5.41, 5.74) is 3.30. The van der Waals surface area contributed by atoms with E-state index in [9.17, 15) is 19.2 Å². The number of furan rings is 1. The zero-order valence-corrected chi connectivity index (χ0v) is 26.8. The molecule has 44 heavy (non-hydrogen) atoms. The zero-order chi connectivity index (χ0) is 32.0. The fourth-order valence-electron chi connectivity index (χ4n) is 4.23. The van der Waals surface area contributed by atoms with E-state index in [-0.39, 0.29) is 41.0 Å². The molecule has 14 heteroatoms. The number of anilines is 1. The van der Waals surface area contributed by atoms with Gasteiger partial charge in [0.15, 0.2) is 16.7 Å². The number of nitrogens with zero attached hydrogens (tertiary/aromatic N) is 3. The molecule has 3 aromatic heterocycles. The first-order valence-electron chi connectivity index (χ1n) is 13.8. The van der Waals surface area contributed by atoms with Crippen LogP contribution in [0.2, 0.25) is 0 Å². The number of nitrogens with one attached hydrogen (secondary N) is 2. The minimum Gasteiger partial charge on any atom is -0.462 e. The number of hydrogen-bond donors (Lipinski definition) is 2. The highest BCUT2D eigenvalue weighted by atomic mass is 32.2. The Hall–Kier alpha value is -4.43. The van der Waals surface area contributed by atoms with Gasteiger partial charge in [0.25, 0.3) is 5.91 Å². The summed E-state index contributed by atoms with van der Waals surface area (Å²) in [5.74, 6) is -1.45. The van der Waals surface area contributed by atoms with E-state index in [1.54, 1.807) is 44.4 Å². The van der Waals surface area contributed by atoms with Gasteiger partial charge in [-0.05, 0) is 76.4 Å². The lowest BCUT2D eigenvalue weighted by Gasteiger charge is -2.16. The third-order valence-electron chi connectivity index (χ3n) is 6.64. The van der Waals surface area contributed by atoms with Crippen LogP contribution >= 0.6 is 23.1 Å². The molecule has 0 aliphatic carbocycles. The summed E-state index contributed by atoms with van der Waals surface area (Å²) in [5, 5.41) is 14.2. The van der Waals surface area contributed by atoms with Crippen molar-refractivity contribution in [2.75, 3.05) is 18.5 Å². The number of carbonyl (C=O) groups excluding carboxylic acids is 4. The average molecular weight is 640 g/mol. The number of benzene rings is 1. The highest BCUT2D eigenvalue weighted by Gasteiger charge is 2.29. The van der Waals surface area contributed by atoms with Crippen LogP contribution in [0.5, 0.6) is 0 Å². The summed E-state index contributed by atoms with van der Waals surface area (Å²) in [6, 6.07) is 8.99. The first kappa shape index (κ1) is 32.5. The highest BCUT2D eigenvalue weighted by Crippen LogP contribution is 2.35. The van der Waals surface area contributed by atoms with E-state index in [1.807, 2.05) is 32.0 Å². The maximum Gasteiger partial charge on any atom is 0.348 e. The van der Waals surface area contributed by atoms with Gasteiger partial charge in [0.05, 0.1) is 42.5 Å². The topological polar surface area (TPSA) is 155 Å². The van der Waals surface area contributed by atoms with E-state index in [0.717, 1.165) is 39.9 Å². The van der Waals surface area contributed by atoms with Crippen LogP contribution in [0.25, 0.3) is 5.69 Å². The van der Waals surface area contributed by atoms with Gasteiger partial charge in [-0.25, -0.2) is 9.59 Å². The van der Waals surface area contributed by atoms with Gasteiger partial charge in [0.1, 0.15) is 9.88 Å². The molecule has 1 aromatic carbocycles. The minimum atomic E-state index is -0.711. The van der Waals surface area contributed by atoms with Crippen LogP contribution in [0.15, 0.2) is 46.2 Å². The largest absolute Gasteiger partial charge is 0.462 e. The van der Waals surface area contributed by atoms with Crippen LogP contribution < -0.4 is 10.6 Å². The molecule has 0 aliphatic heterocycles. The lowest BCUT2D eigenvalue weighted by molar-refractivity contribution is -0.115. The first-order chi connectivity index (χ1) is 21.1. The molecule has 0 aliphatic rings. The van der Waals surface area contributed by atoms with Gasteiger partial charge < -0.3 is 24.5 Å². The number of amides is 2. The monoisotopic (exact) mass is 639 g/mol. The second-order valence-corrected chi connectivity index (χ2v) is 11.9. The Kier molecular flexibility index (Phi) is 10.6. The summed E-state index contributed by atoms with van der Waals surface area (Å²) in [6.45, 7) is 11.0. The van der Waals surface area contributed by atoms with Crippen molar-refractivity contribution in [3.8, 4) is 5.69 Å². The van der Waals surface area contributed by atoms with Gasteiger partial charge in [-0.1, -0.05) is 23.9 Å². The lowest BCUT2D eigenvalue weighted by Crippen LogP contribution is -2.25. The second kappa shape index (κ2) is 14.4. The van der Waals surface area contributed by atoms with Gasteiger partial charge in [0, 0.05) is 0 Å². The molecule has 232 valence electrons. The Morgan fingerprint density at radius 1 is 1.00 bits per heavy atom. The molecule has 0 bridgehead atoms. The van der Waals surface area contributed by atoms with Crippen molar-refractivity contribution < 1.29 is 33.1 Å². The van der Waals surface area contributed by atoms with E-state index in [0.29, 0.717) is 16.5 Å². The SMILES string of the molecule is CCOC(=O)c1sc(NC(=O)[C@H](C)Sc2nnc(CNC(=O)c3ccco3)n2-c2cccc(C)c2C)c(C(=O)OCC)c1C. The third-order valence-corrected chi connectivity index (χ3v) is 8.87. The van der Waals surface area contributed by atoms with E-state index in [2.05, 4.69) is 20.8 Å². The van der Waals surface area contributed by atoms with E-state index in [1.165, 1.54) is 6.26 Å². The molecule has 0 spiro atoms. The smallest absolute Gasteiger partial charge is 0.348 e. The molecule has 0 unspecified atom stereocenters. The van der Waals surface area contributed by atoms with Gasteiger partial charge in [-0.3, -0.25) is 14.2 Å². The Labute approximate surface area is 262 Å². The van der Waals surface area contributed by atoms with Crippen molar-refractivity contribution in [1.29, 1.82) is 0 Å². The third kappa shape index (κ3) is 7.03. The summed E-state index contributed by atoms with van der Waals surface area (Å²) in [6.07, 6.45) is 1.42. The average Bonchev–Trinajstić information content (AvgIpc) is 3.73. The van der Waals surface area contributed by atoms with E-state index >= 15 is 0 Å². The molecule has 0 radical (unpaired) electrons. The number of esters is 2. The second-order valence-electron chi connectivity index (χ2n) is 9.56. The van der Waals surface area contributed by atoms with Gasteiger partial charge in [-0.2, -0.15) is 0 Å². The molecule has 4 rings (SSSR count). The Balaban J connectivity index is 1.62. The zero-order valence-electron chi connectivity index (χ0n) is 25.2. The molecule has 3 heterocycles. The molecular formula is C30H33N5O7S2. The van der Waals surface area contributed by atoms with Crippen molar-refractivity contribution in [2.24, 2.45) is 0 Å². The standard InChI is InChI=1S/C30H33N5O7S2/c1-7-40-28(38)23-18(5)24(29(39)41-8-2)44-27(23)32-25(36)19(6)43-30-34-33-22(15-31-26(37)21-13-10-14-42-21)35(30)20-12-9-11-16(3)17(20)4/h9-14,19H,7-8,15H2,1-6H3,(H,31,37)(H,32,36)/t19-/m0/s1. The number of thioether (sulfide) groups is 1. The molecule has 12 nitrogen and oxygen atoms in total. The number of hydrogen-bond acceptors (Lipinski definition) is 11. The Bertz CT molecular complexity index is 1680. The van der Waals surface area contributed by atoms with E-state index < -0.39 is 29.0 Å². The predicted octanol–water partition coefficient (Wildman–Crippen LogP) is 5.25. The van der Waals surface area contributed by atoms with Crippen molar-refractivity contribution in [3.05, 3.63) is 75.3 Å². The van der Waals surface area contributed by atoms with Crippen LogP contribution in [0.4, 0.5) is 5.00 Å². The van der Waals surface area contributed by atoms with Crippen molar-refractivity contribution in [1.82, 2.24) is 20.1 Å². The number of carbonyl (C=O) groups is 4. The Morgan fingerprint density at radius 3 is 2.41 bits per heavy atom. The normalized spacial score (nSPS) is 11.6. The van der Waals surface area contributed by atoms with Crippen molar-refractivity contribution in [2.45, 2.75) is 58.5 Å². The predicted molar refractivity (Wildman–Crippen MR) is 166 cm³/mol. The maximum atomic E-state index is 13.5. The highest BCUT2D eigenvalue weighted by molar-refractivity contribution is 8.00. The molecule has 0 saturated heterocycles. The lowest BCUT2D eigenvalue weighted by atomic mass is 10.1. The van der Waals surface area contributed by atoms with Gasteiger partial charge in [-0.15, -0.1) is 21.5 Å². The number of aromatic nitrogens is 3. The first-order valence-corrected chi connectivity index (χ1v) is 15.5. The van der Waals surface area contributed by atoms with Crippen LogP contribution in [-0.2, 0) is 20.8 Å². The van der Waals surface area contributed by atoms with Crippen LogP contribution in [0.3, 0.4) is 0 Å². The quantitative estimate of drug-likeness (QED) is 0.155. The van der Waals surface area contributed by atoms with Gasteiger partial charge >= 0.3 is 11.9 Å². The van der Waals surface area contributed by atoms with Crippen molar-refractivity contribution >= 4 is 51.9 Å². The molecule has 0 saturated carbocycles. The molecule has 0 fully saturated rings. The van der Waals surface area contributed by atoms with Crippen LogP contribution in [0, 0.1) is 20.8 Å². The fraction of sp³-hybridized carbons (Fsp3) is 0.333. The Morgan fingerprint density at radius 2 is 1.73 bits per heavy atom. The van der Waals surface area contributed by atoms with Gasteiger partial charge in [0.2, 0.25) is 5.91 Å². The van der Waals surface area contributed by atoms with E-state index in [4.69, 9.17) is 13.9 Å². The fourth-order valence-corrected chi connectivity index (χ4v) is 6.20. The summed E-state index contributed by atoms with van der Waals surface area (Å²) < 4.78 is 17.3. The molecule has 4 aromatic rings. The summed E-state index contributed by atoms with van der Waals surface area (Å²) >= 11 is 2.11. The summed E-state index contributed by atoms with van der Waals surface area (Å²) in [7, 11) is 0. The number of aryl methyl sites for hydroxylation is 1. The molecular weight excluding hydrogens is 606 g/mol. The number of thiophene rings is 1. The van der Waals surface area contributed by atoms with Crippen LogP contribution in [-0.4, -0.2) is 57.0 Å². The molecule has 2 N–H and O–H groups in total. The maximum absolute atomic E-state index is 13.5. The minimum absolute atomic E-state index is 0.0507. The van der Waals surface area contributed by atoms with Crippen LogP contribution in [0.1, 0.15) is 73.9 Å². The number of ether oxygens (including phenoxy) is 2. The van der Waals surface area contributed by atoms with Crippen molar-refractivity contribution in [3.63, 3.8) is 0 Å².